The van der Waals surface area contributed by atoms with Crippen molar-refractivity contribution in [1.29, 1.82) is 0 Å². The summed E-state index contributed by atoms with van der Waals surface area (Å²) < 4.78 is 0.793. The number of amides is 1. The summed E-state index contributed by atoms with van der Waals surface area (Å²) in [6, 6.07) is 11.0. The Hall–Kier alpha value is -2.34. The standard InChI is InChI=1S/C15H13BrN2O3/c1-9(13-8-12(19)5-6-14(13)20)17-18-15(21)10-3-2-4-11(16)7-10/h2-8,19-20H,1H3,(H,18,21)/b17-9+. The Morgan fingerprint density at radius 1 is 1.19 bits per heavy atom. The zero-order valence-electron chi connectivity index (χ0n) is 11.2. The van der Waals surface area contributed by atoms with Crippen molar-refractivity contribution in [3.8, 4) is 11.5 Å². The van der Waals surface area contributed by atoms with Crippen LogP contribution in [0.15, 0.2) is 52.0 Å². The Bertz CT molecular complexity index is 714. The highest BCUT2D eigenvalue weighted by molar-refractivity contribution is 9.10. The third-order valence-corrected chi connectivity index (χ3v) is 3.28. The van der Waals surface area contributed by atoms with Crippen LogP contribution in [0, 0.1) is 0 Å². The average molecular weight is 349 g/mol. The van der Waals surface area contributed by atoms with Crippen LogP contribution in [0.5, 0.6) is 11.5 Å². The van der Waals surface area contributed by atoms with E-state index in [2.05, 4.69) is 26.5 Å². The number of phenols is 2. The van der Waals surface area contributed by atoms with Crippen LogP contribution in [-0.2, 0) is 0 Å². The van der Waals surface area contributed by atoms with Gasteiger partial charge < -0.3 is 10.2 Å². The molecule has 108 valence electrons. The highest BCUT2D eigenvalue weighted by atomic mass is 79.9. The highest BCUT2D eigenvalue weighted by Gasteiger charge is 2.08. The minimum Gasteiger partial charge on any atom is -0.508 e. The van der Waals surface area contributed by atoms with Gasteiger partial charge in [0.2, 0.25) is 0 Å². The molecule has 0 aliphatic carbocycles. The number of hydrogen-bond acceptors (Lipinski definition) is 4. The molecule has 5 nitrogen and oxygen atoms in total. The number of hydrogen-bond donors (Lipinski definition) is 3. The summed E-state index contributed by atoms with van der Waals surface area (Å²) in [5, 5.41) is 23.1. The van der Waals surface area contributed by atoms with E-state index in [0.29, 0.717) is 16.8 Å². The number of hydrazone groups is 1. The van der Waals surface area contributed by atoms with Crippen LogP contribution in [0.1, 0.15) is 22.8 Å². The molecule has 0 unspecified atom stereocenters. The van der Waals surface area contributed by atoms with E-state index in [1.807, 2.05) is 6.07 Å². The summed E-state index contributed by atoms with van der Waals surface area (Å²) in [6.07, 6.45) is 0. The fourth-order valence-electron chi connectivity index (χ4n) is 1.70. The Balaban J connectivity index is 2.17. The van der Waals surface area contributed by atoms with Crippen LogP contribution in [0.2, 0.25) is 0 Å². The zero-order valence-corrected chi connectivity index (χ0v) is 12.8. The van der Waals surface area contributed by atoms with E-state index in [1.54, 1.807) is 25.1 Å². The second-order valence-corrected chi connectivity index (χ2v) is 5.27. The molecule has 0 aliphatic rings. The monoisotopic (exact) mass is 348 g/mol. The predicted octanol–water partition coefficient (Wildman–Crippen LogP) is 3.01. The molecule has 0 saturated carbocycles. The van der Waals surface area contributed by atoms with Crippen LogP contribution >= 0.6 is 15.9 Å². The van der Waals surface area contributed by atoms with Crippen molar-refractivity contribution in [1.82, 2.24) is 5.43 Å². The molecule has 0 aromatic heterocycles. The fourth-order valence-corrected chi connectivity index (χ4v) is 2.10. The van der Waals surface area contributed by atoms with Gasteiger partial charge >= 0.3 is 0 Å². The number of nitrogens with one attached hydrogen (secondary N) is 1. The number of phenolic OH excluding ortho intramolecular Hbond substituents is 2. The van der Waals surface area contributed by atoms with E-state index in [0.717, 1.165) is 4.47 Å². The molecule has 0 atom stereocenters. The number of halogens is 1. The van der Waals surface area contributed by atoms with Crippen molar-refractivity contribution in [3.05, 3.63) is 58.1 Å². The molecular formula is C15H13BrN2O3. The second kappa shape index (κ2) is 6.41. The van der Waals surface area contributed by atoms with Crippen LogP contribution in [0.25, 0.3) is 0 Å². The largest absolute Gasteiger partial charge is 0.508 e. The van der Waals surface area contributed by atoms with Gasteiger partial charge in [0.15, 0.2) is 0 Å². The lowest BCUT2D eigenvalue weighted by Gasteiger charge is -2.06. The number of carbonyl (C=O) groups excluding carboxylic acids is 1. The summed E-state index contributed by atoms with van der Waals surface area (Å²) in [7, 11) is 0. The molecule has 0 bridgehead atoms. The summed E-state index contributed by atoms with van der Waals surface area (Å²) >= 11 is 3.29. The first-order valence-corrected chi connectivity index (χ1v) is 6.89. The van der Waals surface area contributed by atoms with Gasteiger partial charge in [-0.2, -0.15) is 5.10 Å². The van der Waals surface area contributed by atoms with Crippen LogP contribution in [-0.4, -0.2) is 21.8 Å². The van der Waals surface area contributed by atoms with Gasteiger partial charge in [0.25, 0.3) is 5.91 Å². The van der Waals surface area contributed by atoms with Gasteiger partial charge in [0, 0.05) is 15.6 Å². The van der Waals surface area contributed by atoms with Crippen molar-refractivity contribution < 1.29 is 15.0 Å². The minimum atomic E-state index is -0.365. The molecule has 0 heterocycles. The van der Waals surface area contributed by atoms with E-state index < -0.39 is 0 Å². The van der Waals surface area contributed by atoms with E-state index in [4.69, 9.17) is 0 Å². The van der Waals surface area contributed by atoms with Crippen molar-refractivity contribution in [2.75, 3.05) is 0 Å². The minimum absolute atomic E-state index is 0.00988. The smallest absolute Gasteiger partial charge is 0.271 e. The Labute approximate surface area is 130 Å². The number of benzene rings is 2. The molecule has 3 N–H and O–H groups in total. The molecular weight excluding hydrogens is 336 g/mol. The SMILES string of the molecule is C/C(=N\NC(=O)c1cccc(Br)c1)c1cc(O)ccc1O. The zero-order chi connectivity index (χ0) is 15.4. The maximum Gasteiger partial charge on any atom is 0.271 e. The highest BCUT2D eigenvalue weighted by Crippen LogP contribution is 2.22. The van der Waals surface area contributed by atoms with E-state index >= 15 is 0 Å². The molecule has 0 fully saturated rings. The summed E-state index contributed by atoms with van der Waals surface area (Å²) in [6.45, 7) is 1.62. The van der Waals surface area contributed by atoms with Gasteiger partial charge in [-0.3, -0.25) is 4.79 Å². The number of nitrogens with zero attached hydrogens (tertiary/aromatic N) is 1. The van der Waals surface area contributed by atoms with Gasteiger partial charge in [0.05, 0.1) is 5.71 Å². The lowest BCUT2D eigenvalue weighted by molar-refractivity contribution is 0.0954. The van der Waals surface area contributed by atoms with Gasteiger partial charge in [0.1, 0.15) is 11.5 Å². The van der Waals surface area contributed by atoms with Gasteiger partial charge in [-0.25, -0.2) is 5.43 Å². The van der Waals surface area contributed by atoms with Crippen LogP contribution < -0.4 is 5.43 Å². The normalized spacial score (nSPS) is 11.2. The molecule has 2 aromatic carbocycles. The number of carbonyl (C=O) groups is 1. The van der Waals surface area contributed by atoms with E-state index in [9.17, 15) is 15.0 Å². The molecule has 0 saturated heterocycles. The summed E-state index contributed by atoms with van der Waals surface area (Å²) in [5.74, 6) is -0.378. The van der Waals surface area contributed by atoms with Crippen molar-refractivity contribution in [3.63, 3.8) is 0 Å². The van der Waals surface area contributed by atoms with Crippen LogP contribution in [0.3, 0.4) is 0 Å². The molecule has 2 aromatic rings. The van der Waals surface area contributed by atoms with Crippen molar-refractivity contribution in [2.45, 2.75) is 6.92 Å². The third-order valence-electron chi connectivity index (χ3n) is 2.78. The Kier molecular flexibility index (Phi) is 4.59. The third kappa shape index (κ3) is 3.82. The maximum absolute atomic E-state index is 11.9. The summed E-state index contributed by atoms with van der Waals surface area (Å²) in [5.41, 5.74) is 3.60. The lowest BCUT2D eigenvalue weighted by Crippen LogP contribution is -2.19. The first-order valence-electron chi connectivity index (χ1n) is 6.10. The van der Waals surface area contributed by atoms with Gasteiger partial charge in [-0.05, 0) is 43.3 Å². The molecule has 21 heavy (non-hydrogen) atoms. The molecule has 1 amide bonds. The topological polar surface area (TPSA) is 81.9 Å². The lowest BCUT2D eigenvalue weighted by atomic mass is 10.1. The second-order valence-electron chi connectivity index (χ2n) is 4.35. The molecule has 0 aliphatic heterocycles. The Morgan fingerprint density at radius 2 is 1.95 bits per heavy atom. The quantitative estimate of drug-likeness (QED) is 0.453. The van der Waals surface area contributed by atoms with Gasteiger partial charge in [-0.1, -0.05) is 22.0 Å². The van der Waals surface area contributed by atoms with Crippen molar-refractivity contribution >= 4 is 27.5 Å². The number of aromatic hydroxyl groups is 2. The summed E-state index contributed by atoms with van der Waals surface area (Å²) in [4.78, 5) is 11.9. The first-order chi connectivity index (χ1) is 9.97. The molecule has 0 radical (unpaired) electrons. The van der Waals surface area contributed by atoms with E-state index in [-0.39, 0.29) is 17.4 Å². The van der Waals surface area contributed by atoms with E-state index in [1.165, 1.54) is 18.2 Å². The molecule has 0 spiro atoms. The predicted molar refractivity (Wildman–Crippen MR) is 83.6 cm³/mol. The maximum atomic E-state index is 11.9. The number of rotatable bonds is 3. The van der Waals surface area contributed by atoms with Crippen LogP contribution in [0.4, 0.5) is 0 Å². The molecule has 2 rings (SSSR count). The molecule has 6 heteroatoms. The first kappa shape index (κ1) is 15.1. The van der Waals surface area contributed by atoms with Crippen molar-refractivity contribution in [2.24, 2.45) is 5.10 Å². The fraction of sp³-hybridized carbons (Fsp3) is 0.0667. The average Bonchev–Trinajstić information content (AvgIpc) is 2.47. The Morgan fingerprint density at radius 3 is 2.67 bits per heavy atom. The van der Waals surface area contributed by atoms with Gasteiger partial charge in [-0.15, -0.1) is 0 Å².